The van der Waals surface area contributed by atoms with Crippen molar-refractivity contribution in [3.63, 3.8) is 0 Å². The highest BCUT2D eigenvalue weighted by atomic mass is 16.5. The molecule has 34 heavy (non-hydrogen) atoms. The maximum Gasteiger partial charge on any atom is 0.331 e. The minimum Gasteiger partial charge on any atom is -0.477 e. The van der Waals surface area contributed by atoms with Crippen LogP contribution in [0.5, 0.6) is 5.75 Å². The summed E-state index contributed by atoms with van der Waals surface area (Å²) < 4.78 is 11.4. The predicted octanol–water partition coefficient (Wildman–Crippen LogP) is 4.49. The molecule has 168 valence electrons. The van der Waals surface area contributed by atoms with E-state index in [1.54, 1.807) is 11.6 Å². The molecule has 6 nitrogen and oxygen atoms in total. The maximum absolute atomic E-state index is 13.7. The van der Waals surface area contributed by atoms with Gasteiger partial charge in [-0.3, -0.25) is 13.9 Å². The summed E-state index contributed by atoms with van der Waals surface area (Å²) in [7, 11) is 3.25. The number of rotatable bonds is 2. The van der Waals surface area contributed by atoms with Gasteiger partial charge in [-0.2, -0.15) is 0 Å². The molecule has 0 aliphatic carbocycles. The van der Waals surface area contributed by atoms with E-state index in [4.69, 9.17) is 4.74 Å². The van der Waals surface area contributed by atoms with Gasteiger partial charge in [-0.15, -0.1) is 0 Å². The lowest BCUT2D eigenvalue weighted by atomic mass is 10.0. The van der Waals surface area contributed by atoms with Crippen LogP contribution in [0.15, 0.2) is 88.5 Å². The van der Waals surface area contributed by atoms with E-state index >= 15 is 0 Å². The van der Waals surface area contributed by atoms with Gasteiger partial charge in [-0.05, 0) is 30.2 Å². The molecule has 6 heteroatoms. The first kappa shape index (κ1) is 20.3. The second-order valence-corrected chi connectivity index (χ2v) is 8.69. The van der Waals surface area contributed by atoms with Gasteiger partial charge < -0.3 is 9.30 Å². The fourth-order valence-corrected chi connectivity index (χ4v) is 5.06. The van der Waals surface area contributed by atoms with E-state index in [2.05, 4.69) is 4.57 Å². The van der Waals surface area contributed by atoms with E-state index in [9.17, 15) is 9.59 Å². The van der Waals surface area contributed by atoms with Crippen molar-refractivity contribution >= 4 is 10.9 Å². The molecule has 6 rings (SSSR count). The van der Waals surface area contributed by atoms with E-state index in [-0.39, 0.29) is 11.2 Å². The zero-order valence-electron chi connectivity index (χ0n) is 19.1. The molecule has 0 unspecified atom stereocenters. The molecule has 0 saturated carbocycles. The van der Waals surface area contributed by atoms with Crippen LogP contribution in [0.2, 0.25) is 0 Å². The molecule has 0 amide bonds. The van der Waals surface area contributed by atoms with Crippen molar-refractivity contribution in [2.45, 2.75) is 13.0 Å². The van der Waals surface area contributed by atoms with Crippen LogP contribution in [0.1, 0.15) is 22.9 Å². The summed E-state index contributed by atoms with van der Waals surface area (Å²) in [6, 6.07) is 25.8. The number of hydrogen-bond acceptors (Lipinski definition) is 3. The second kappa shape index (κ2) is 7.35. The highest BCUT2D eigenvalue weighted by Crippen LogP contribution is 2.46. The molecule has 1 aliphatic rings. The Morgan fingerprint density at radius 1 is 0.794 bits per heavy atom. The lowest BCUT2D eigenvalue weighted by Crippen LogP contribution is -2.37. The Hall–Kier alpha value is -4.32. The topological polar surface area (TPSA) is 58.2 Å². The molecule has 1 atom stereocenters. The Morgan fingerprint density at radius 3 is 2.24 bits per heavy atom. The third-order valence-electron chi connectivity index (χ3n) is 6.71. The molecule has 0 spiro atoms. The average molecular weight is 450 g/mol. The standard InChI is InChI=1S/C28H23N3O3/c1-17-11-7-8-14-19(17)23-22-24(29(2)28(33)30(3)27(22)32)25-26(18-12-5-4-6-13-18)34-21-16-10-9-15-20(21)31(23)25/h4-16,26H,1-3H3/t26-/m0/s1. The number of fused-ring (bicyclic) bond motifs is 5. The first-order valence-electron chi connectivity index (χ1n) is 11.2. The minimum atomic E-state index is -0.492. The van der Waals surface area contributed by atoms with Crippen LogP contribution < -0.4 is 16.0 Å². The molecule has 0 radical (unpaired) electrons. The third-order valence-corrected chi connectivity index (χ3v) is 6.71. The van der Waals surface area contributed by atoms with Crippen LogP contribution in [0, 0.1) is 6.92 Å². The lowest BCUT2D eigenvalue weighted by Gasteiger charge is -2.30. The summed E-state index contributed by atoms with van der Waals surface area (Å²) in [4.78, 5) is 26.7. The Kier molecular flexibility index (Phi) is 4.39. The molecule has 2 aromatic heterocycles. The van der Waals surface area contributed by atoms with Gasteiger partial charge in [0.25, 0.3) is 5.56 Å². The molecule has 0 saturated heterocycles. The van der Waals surface area contributed by atoms with Gasteiger partial charge in [0.15, 0.2) is 6.10 Å². The second-order valence-electron chi connectivity index (χ2n) is 8.69. The molecular weight excluding hydrogens is 426 g/mol. The molecule has 3 heterocycles. The Morgan fingerprint density at radius 2 is 1.47 bits per heavy atom. The molecule has 0 N–H and O–H groups in total. The Labute approximate surface area is 195 Å². The summed E-state index contributed by atoms with van der Waals surface area (Å²) in [6.07, 6.45) is -0.492. The van der Waals surface area contributed by atoms with Gasteiger partial charge in [-0.25, -0.2) is 4.79 Å². The van der Waals surface area contributed by atoms with E-state index in [1.165, 1.54) is 11.6 Å². The number of aromatic nitrogens is 3. The van der Waals surface area contributed by atoms with Crippen molar-refractivity contribution in [1.29, 1.82) is 0 Å². The van der Waals surface area contributed by atoms with Gasteiger partial charge >= 0.3 is 5.69 Å². The number of ether oxygens (including phenoxy) is 1. The fourth-order valence-electron chi connectivity index (χ4n) is 5.06. The molecule has 0 fully saturated rings. The monoisotopic (exact) mass is 449 g/mol. The van der Waals surface area contributed by atoms with Crippen LogP contribution in [-0.4, -0.2) is 13.7 Å². The van der Waals surface area contributed by atoms with Gasteiger partial charge in [0.05, 0.1) is 28.0 Å². The van der Waals surface area contributed by atoms with Crippen molar-refractivity contribution in [3.05, 3.63) is 117 Å². The van der Waals surface area contributed by atoms with Crippen LogP contribution in [0.3, 0.4) is 0 Å². The summed E-state index contributed by atoms with van der Waals surface area (Å²) in [5.74, 6) is 0.723. The quantitative estimate of drug-likeness (QED) is 0.399. The fraction of sp³-hybridized carbons (Fsp3) is 0.143. The number of hydrogen-bond donors (Lipinski definition) is 0. The molecule has 3 aromatic carbocycles. The predicted molar refractivity (Wildman–Crippen MR) is 133 cm³/mol. The number of aryl methyl sites for hydroxylation is 2. The van der Waals surface area contributed by atoms with Gasteiger partial charge in [0.1, 0.15) is 5.75 Å². The molecule has 0 bridgehead atoms. The van der Waals surface area contributed by atoms with Crippen LogP contribution in [-0.2, 0) is 14.1 Å². The Bertz CT molecular complexity index is 1710. The summed E-state index contributed by atoms with van der Waals surface area (Å²) in [5, 5.41) is 0.509. The van der Waals surface area contributed by atoms with Crippen molar-refractivity contribution in [2.24, 2.45) is 14.1 Å². The first-order valence-corrected chi connectivity index (χ1v) is 11.2. The lowest BCUT2D eigenvalue weighted by molar-refractivity contribution is 0.229. The first-order chi connectivity index (χ1) is 16.5. The van der Waals surface area contributed by atoms with Crippen LogP contribution in [0.25, 0.3) is 27.8 Å². The van der Waals surface area contributed by atoms with Gasteiger partial charge in [0, 0.05) is 19.7 Å². The zero-order chi connectivity index (χ0) is 23.6. The summed E-state index contributed by atoms with van der Waals surface area (Å²) in [5.41, 5.74) is 5.23. The van der Waals surface area contributed by atoms with E-state index in [1.807, 2.05) is 85.8 Å². The van der Waals surface area contributed by atoms with Crippen molar-refractivity contribution in [2.75, 3.05) is 0 Å². The maximum atomic E-state index is 13.7. The summed E-state index contributed by atoms with van der Waals surface area (Å²) in [6.45, 7) is 2.04. The summed E-state index contributed by atoms with van der Waals surface area (Å²) >= 11 is 0. The largest absolute Gasteiger partial charge is 0.477 e. The number of benzene rings is 3. The van der Waals surface area contributed by atoms with Crippen LogP contribution >= 0.6 is 0 Å². The normalized spacial score (nSPS) is 14.5. The van der Waals surface area contributed by atoms with Crippen molar-refractivity contribution < 1.29 is 4.74 Å². The smallest absolute Gasteiger partial charge is 0.331 e. The number of nitrogens with zero attached hydrogens (tertiary/aromatic N) is 3. The van der Waals surface area contributed by atoms with Crippen molar-refractivity contribution in [1.82, 2.24) is 13.7 Å². The SMILES string of the molecule is Cc1ccccc1-c1c2c(=O)n(C)c(=O)n(C)c2c2n1-c1ccccc1O[C@H]2c1ccccc1. The van der Waals surface area contributed by atoms with Crippen molar-refractivity contribution in [3.8, 4) is 22.7 Å². The molecular formula is C28H23N3O3. The molecule has 5 aromatic rings. The van der Waals surface area contributed by atoms with Gasteiger partial charge in [0.2, 0.25) is 0 Å². The zero-order valence-corrected chi connectivity index (χ0v) is 19.1. The molecule has 1 aliphatic heterocycles. The van der Waals surface area contributed by atoms with Gasteiger partial charge in [-0.1, -0.05) is 66.7 Å². The van der Waals surface area contributed by atoms with E-state index in [0.29, 0.717) is 10.9 Å². The third kappa shape index (κ3) is 2.68. The minimum absolute atomic E-state index is 0.317. The van der Waals surface area contributed by atoms with E-state index in [0.717, 1.165) is 39.5 Å². The highest BCUT2D eigenvalue weighted by molar-refractivity contribution is 5.98. The van der Waals surface area contributed by atoms with Crippen LogP contribution in [0.4, 0.5) is 0 Å². The van der Waals surface area contributed by atoms with E-state index < -0.39 is 6.10 Å². The average Bonchev–Trinajstić information content (AvgIpc) is 3.23. The highest BCUT2D eigenvalue weighted by Gasteiger charge is 2.36. The Balaban J connectivity index is 1.90. The number of para-hydroxylation sites is 2.